The average molecular weight is 274 g/mol. The molecule has 4 heteroatoms. The lowest BCUT2D eigenvalue weighted by atomic mass is 10.0. The molecule has 0 bridgehead atoms. The maximum Gasteiger partial charge on any atom is 0.127 e. The van der Waals surface area contributed by atoms with Gasteiger partial charge in [-0.05, 0) is 43.5 Å². The van der Waals surface area contributed by atoms with Crippen molar-refractivity contribution in [2.24, 2.45) is 0 Å². The van der Waals surface area contributed by atoms with E-state index in [4.69, 9.17) is 16.3 Å². The third kappa shape index (κ3) is 5.34. The lowest BCUT2D eigenvalue weighted by Crippen LogP contribution is -2.31. The Balaban J connectivity index is 2.58. The number of likely N-dealkylation sites (N-methyl/N-ethyl adjacent to an activating group) is 1. The van der Waals surface area contributed by atoms with Crippen molar-refractivity contribution >= 4 is 11.6 Å². The van der Waals surface area contributed by atoms with Crippen LogP contribution in [-0.2, 0) is 11.2 Å². The quantitative estimate of drug-likeness (QED) is 0.733. The molecule has 1 aromatic rings. The van der Waals surface area contributed by atoms with Gasteiger partial charge in [0, 0.05) is 24.8 Å². The fourth-order valence-electron chi connectivity index (χ4n) is 1.99. The zero-order valence-electron chi connectivity index (χ0n) is 11.0. The van der Waals surface area contributed by atoms with E-state index in [1.807, 2.05) is 0 Å². The fraction of sp³-hybridized carbons (Fsp3) is 0.571. The number of rotatable bonds is 8. The van der Waals surface area contributed by atoms with Gasteiger partial charge in [0.25, 0.3) is 0 Å². The topological polar surface area (TPSA) is 21.3 Å². The summed E-state index contributed by atoms with van der Waals surface area (Å²) in [6.07, 6.45) is 2.63. The highest BCUT2D eigenvalue weighted by molar-refractivity contribution is 6.30. The van der Waals surface area contributed by atoms with E-state index in [1.165, 1.54) is 6.07 Å². The van der Waals surface area contributed by atoms with E-state index < -0.39 is 0 Å². The van der Waals surface area contributed by atoms with Gasteiger partial charge in [0.2, 0.25) is 0 Å². The van der Waals surface area contributed by atoms with Gasteiger partial charge in [-0.2, -0.15) is 0 Å². The van der Waals surface area contributed by atoms with Crippen molar-refractivity contribution in [3.8, 4) is 0 Å². The van der Waals surface area contributed by atoms with E-state index >= 15 is 0 Å². The van der Waals surface area contributed by atoms with Crippen LogP contribution in [0.5, 0.6) is 0 Å². The van der Waals surface area contributed by atoms with E-state index in [0.717, 1.165) is 26.0 Å². The first-order valence-corrected chi connectivity index (χ1v) is 6.71. The molecule has 102 valence electrons. The van der Waals surface area contributed by atoms with Crippen molar-refractivity contribution in [2.45, 2.75) is 32.2 Å². The molecular weight excluding hydrogens is 253 g/mol. The molecule has 1 unspecified atom stereocenters. The minimum Gasteiger partial charge on any atom is -0.385 e. The number of hydrogen-bond donors (Lipinski definition) is 1. The van der Waals surface area contributed by atoms with Crippen LogP contribution in [0.4, 0.5) is 4.39 Å². The Kier molecular flexibility index (Phi) is 7.25. The number of hydrogen-bond acceptors (Lipinski definition) is 2. The molecule has 1 aromatic carbocycles. The third-order valence-electron chi connectivity index (χ3n) is 2.88. The lowest BCUT2D eigenvalue weighted by molar-refractivity contribution is 0.188. The highest BCUT2D eigenvalue weighted by Gasteiger charge is 2.11. The smallest absolute Gasteiger partial charge is 0.127 e. The molecule has 0 saturated carbocycles. The third-order valence-corrected chi connectivity index (χ3v) is 3.11. The summed E-state index contributed by atoms with van der Waals surface area (Å²) in [6, 6.07) is 5.15. The molecule has 1 N–H and O–H groups in total. The summed E-state index contributed by atoms with van der Waals surface area (Å²) >= 11 is 5.74. The zero-order valence-corrected chi connectivity index (χ0v) is 11.8. The lowest BCUT2D eigenvalue weighted by Gasteiger charge is -2.18. The van der Waals surface area contributed by atoms with Crippen LogP contribution in [0.25, 0.3) is 0 Å². The zero-order chi connectivity index (χ0) is 13.4. The summed E-state index contributed by atoms with van der Waals surface area (Å²) in [5, 5.41) is 3.82. The number of halogens is 2. The van der Waals surface area contributed by atoms with Gasteiger partial charge in [0.1, 0.15) is 5.82 Å². The van der Waals surface area contributed by atoms with Crippen molar-refractivity contribution in [3.63, 3.8) is 0 Å². The van der Waals surface area contributed by atoms with Gasteiger partial charge in [-0.15, -0.1) is 0 Å². The predicted octanol–water partition coefficient (Wildman–Crippen LogP) is 3.43. The van der Waals surface area contributed by atoms with E-state index in [9.17, 15) is 4.39 Å². The molecule has 1 rings (SSSR count). The second-order valence-corrected chi connectivity index (χ2v) is 4.77. The molecule has 0 aliphatic carbocycles. The molecule has 0 spiro atoms. The maximum atomic E-state index is 13.7. The summed E-state index contributed by atoms with van der Waals surface area (Å²) in [5.41, 5.74) is 0.711. The molecule has 0 heterocycles. The summed E-state index contributed by atoms with van der Waals surface area (Å²) in [7, 11) is 1.70. The van der Waals surface area contributed by atoms with Gasteiger partial charge in [0.15, 0.2) is 0 Å². The molecule has 0 amide bonds. The van der Waals surface area contributed by atoms with Crippen molar-refractivity contribution in [3.05, 3.63) is 34.6 Å². The molecule has 0 aliphatic rings. The highest BCUT2D eigenvalue weighted by Crippen LogP contribution is 2.17. The Morgan fingerprint density at radius 2 is 2.22 bits per heavy atom. The molecule has 0 radical (unpaired) electrons. The summed E-state index contributed by atoms with van der Waals surface area (Å²) in [5.74, 6) is -0.225. The molecule has 18 heavy (non-hydrogen) atoms. The fourth-order valence-corrected chi connectivity index (χ4v) is 2.15. The molecule has 0 saturated heterocycles. The van der Waals surface area contributed by atoms with Crippen molar-refractivity contribution < 1.29 is 9.13 Å². The SMILES string of the molecule is CCNC(CCCOC)Cc1ccc(Cl)cc1F. The number of ether oxygens (including phenoxy) is 1. The van der Waals surface area contributed by atoms with Crippen LogP contribution in [0.3, 0.4) is 0 Å². The standard InChI is InChI=1S/C14H21ClFNO/c1-3-17-13(5-4-8-18-2)9-11-6-7-12(15)10-14(11)16/h6-7,10,13,17H,3-5,8-9H2,1-2H3. The Morgan fingerprint density at radius 3 is 2.83 bits per heavy atom. The molecule has 0 aliphatic heterocycles. The average Bonchev–Trinajstić information content (AvgIpc) is 2.33. The molecule has 2 nitrogen and oxygen atoms in total. The molecule has 1 atom stereocenters. The van der Waals surface area contributed by atoms with E-state index in [-0.39, 0.29) is 11.9 Å². The number of methoxy groups -OCH3 is 1. The van der Waals surface area contributed by atoms with Crippen LogP contribution in [0.1, 0.15) is 25.3 Å². The van der Waals surface area contributed by atoms with E-state index in [2.05, 4.69) is 12.2 Å². The van der Waals surface area contributed by atoms with Gasteiger partial charge < -0.3 is 10.1 Å². The van der Waals surface area contributed by atoms with Gasteiger partial charge in [0.05, 0.1) is 0 Å². The minimum atomic E-state index is -0.225. The van der Waals surface area contributed by atoms with E-state index in [1.54, 1.807) is 19.2 Å². The van der Waals surface area contributed by atoms with Crippen LogP contribution < -0.4 is 5.32 Å². The molecule has 0 aromatic heterocycles. The van der Waals surface area contributed by atoms with Gasteiger partial charge in [-0.3, -0.25) is 0 Å². The van der Waals surface area contributed by atoms with Crippen LogP contribution >= 0.6 is 11.6 Å². The second kappa shape index (κ2) is 8.46. The summed E-state index contributed by atoms with van der Waals surface area (Å²) in [4.78, 5) is 0. The first-order valence-electron chi connectivity index (χ1n) is 6.33. The highest BCUT2D eigenvalue weighted by atomic mass is 35.5. The van der Waals surface area contributed by atoms with E-state index in [0.29, 0.717) is 17.0 Å². The van der Waals surface area contributed by atoms with Gasteiger partial charge >= 0.3 is 0 Å². The normalized spacial score (nSPS) is 12.7. The number of nitrogens with one attached hydrogen (secondary N) is 1. The summed E-state index contributed by atoms with van der Waals surface area (Å²) < 4.78 is 18.7. The monoisotopic (exact) mass is 273 g/mol. The Morgan fingerprint density at radius 1 is 1.44 bits per heavy atom. The Labute approximate surface area is 113 Å². The molecular formula is C14H21ClFNO. The first-order chi connectivity index (χ1) is 8.67. The first kappa shape index (κ1) is 15.4. The predicted molar refractivity (Wildman–Crippen MR) is 73.7 cm³/mol. The van der Waals surface area contributed by atoms with Crippen molar-refractivity contribution in [1.29, 1.82) is 0 Å². The summed E-state index contributed by atoms with van der Waals surface area (Å²) in [6.45, 7) is 3.68. The molecule has 0 fully saturated rings. The minimum absolute atomic E-state index is 0.225. The van der Waals surface area contributed by atoms with Crippen LogP contribution in [0.2, 0.25) is 5.02 Å². The second-order valence-electron chi connectivity index (χ2n) is 4.33. The maximum absolute atomic E-state index is 13.7. The van der Waals surface area contributed by atoms with Crippen LogP contribution in [-0.4, -0.2) is 26.3 Å². The van der Waals surface area contributed by atoms with Crippen LogP contribution in [0.15, 0.2) is 18.2 Å². The van der Waals surface area contributed by atoms with Crippen LogP contribution in [0, 0.1) is 5.82 Å². The van der Waals surface area contributed by atoms with Crippen molar-refractivity contribution in [1.82, 2.24) is 5.32 Å². The van der Waals surface area contributed by atoms with Gasteiger partial charge in [-0.25, -0.2) is 4.39 Å². The Bertz CT molecular complexity index is 360. The number of benzene rings is 1. The largest absolute Gasteiger partial charge is 0.385 e. The van der Waals surface area contributed by atoms with Crippen molar-refractivity contribution in [2.75, 3.05) is 20.3 Å². The Hall–Kier alpha value is -0.640. The van der Waals surface area contributed by atoms with Gasteiger partial charge in [-0.1, -0.05) is 24.6 Å².